The van der Waals surface area contributed by atoms with Crippen LogP contribution in [0.1, 0.15) is 0 Å². The molecule has 0 aliphatic carbocycles. The Balaban J connectivity index is 1.82. The van der Waals surface area contributed by atoms with Crippen LogP contribution in [0.5, 0.6) is 0 Å². The molecule has 0 bridgehead atoms. The number of hydrogen-bond donors (Lipinski definition) is 0. The van der Waals surface area contributed by atoms with E-state index in [1.165, 1.54) is 9.10 Å². The Kier molecular flexibility index (Phi) is 3.34. The molecule has 0 aliphatic rings. The number of nitrogens with zero attached hydrogens (tertiary/aromatic N) is 3. The summed E-state index contributed by atoms with van der Waals surface area (Å²) in [5.41, 5.74) is 1.06. The number of rotatable bonds is 3. The Bertz CT molecular complexity index is 623. The predicted octanol–water partition coefficient (Wildman–Crippen LogP) is 3.75. The lowest BCUT2D eigenvalue weighted by Crippen LogP contribution is -1.75. The minimum Gasteiger partial charge on any atom is -0.265 e. The summed E-state index contributed by atoms with van der Waals surface area (Å²) in [6.07, 6.45) is 9.10. The molecule has 0 aliphatic heterocycles. The second kappa shape index (κ2) is 5.29. The van der Waals surface area contributed by atoms with Gasteiger partial charge in [-0.2, -0.15) is 0 Å². The molecule has 3 aromatic rings. The average Bonchev–Trinajstić information content (AvgIpc) is 2.89. The molecule has 0 saturated carbocycles. The van der Waals surface area contributed by atoms with Crippen molar-refractivity contribution in [1.82, 2.24) is 15.0 Å². The highest BCUT2D eigenvalue weighted by atomic mass is 32.2. The van der Waals surface area contributed by atoms with Gasteiger partial charge in [-0.15, -0.1) is 11.3 Å². The van der Waals surface area contributed by atoms with E-state index in [1.807, 2.05) is 36.7 Å². The van der Waals surface area contributed by atoms with Gasteiger partial charge in [-0.25, -0.2) is 4.98 Å². The van der Waals surface area contributed by atoms with Gasteiger partial charge in [0.05, 0.1) is 10.4 Å². The van der Waals surface area contributed by atoms with Crippen molar-refractivity contribution < 1.29 is 0 Å². The molecule has 3 aromatic heterocycles. The van der Waals surface area contributed by atoms with Crippen molar-refractivity contribution in [1.29, 1.82) is 0 Å². The highest BCUT2D eigenvalue weighted by molar-refractivity contribution is 8.01. The normalized spacial score (nSPS) is 10.4. The molecule has 0 aromatic carbocycles. The van der Waals surface area contributed by atoms with Crippen LogP contribution in [-0.4, -0.2) is 15.0 Å². The van der Waals surface area contributed by atoms with Gasteiger partial charge < -0.3 is 0 Å². The molecule has 0 saturated heterocycles. The summed E-state index contributed by atoms with van der Waals surface area (Å²) in [5.74, 6) is 0. The molecule has 0 unspecified atom stereocenters. The summed E-state index contributed by atoms with van der Waals surface area (Å²) in [6.45, 7) is 0. The molecule has 0 N–H and O–H groups in total. The first-order chi connectivity index (χ1) is 8.92. The van der Waals surface area contributed by atoms with Crippen molar-refractivity contribution >= 4 is 23.1 Å². The maximum absolute atomic E-state index is 4.42. The van der Waals surface area contributed by atoms with Gasteiger partial charge in [0.2, 0.25) is 0 Å². The zero-order chi connectivity index (χ0) is 12.2. The Morgan fingerprint density at radius 1 is 0.944 bits per heavy atom. The van der Waals surface area contributed by atoms with Crippen LogP contribution in [0.25, 0.3) is 10.6 Å². The van der Waals surface area contributed by atoms with Gasteiger partial charge >= 0.3 is 0 Å². The first-order valence-corrected chi connectivity index (χ1v) is 6.99. The van der Waals surface area contributed by atoms with Crippen molar-refractivity contribution in [2.24, 2.45) is 0 Å². The fraction of sp³-hybridized carbons (Fsp3) is 0. The van der Waals surface area contributed by atoms with E-state index >= 15 is 0 Å². The maximum Gasteiger partial charge on any atom is 0.125 e. The minimum absolute atomic E-state index is 1.000. The van der Waals surface area contributed by atoms with E-state index in [9.17, 15) is 0 Å². The highest BCUT2D eigenvalue weighted by Gasteiger charge is 2.05. The number of hydrogen-bond acceptors (Lipinski definition) is 5. The van der Waals surface area contributed by atoms with Gasteiger partial charge in [-0.05, 0) is 24.3 Å². The molecule has 5 heteroatoms. The van der Waals surface area contributed by atoms with Crippen molar-refractivity contribution in [3.05, 3.63) is 55.2 Å². The highest BCUT2D eigenvalue weighted by Crippen LogP contribution is 2.35. The zero-order valence-electron chi connectivity index (χ0n) is 9.35. The third kappa shape index (κ3) is 2.57. The van der Waals surface area contributed by atoms with Gasteiger partial charge in [-0.1, -0.05) is 11.8 Å². The SMILES string of the molecule is c1cncc(-c2ncc(Sc3ccncc3)s2)c1. The smallest absolute Gasteiger partial charge is 0.125 e. The van der Waals surface area contributed by atoms with Crippen molar-refractivity contribution in [2.45, 2.75) is 9.10 Å². The van der Waals surface area contributed by atoms with E-state index in [1.54, 1.807) is 41.7 Å². The van der Waals surface area contributed by atoms with Crippen molar-refractivity contribution in [3.8, 4) is 10.6 Å². The summed E-state index contributed by atoms with van der Waals surface area (Å²) >= 11 is 3.37. The summed E-state index contributed by atoms with van der Waals surface area (Å²) in [4.78, 5) is 13.7. The minimum atomic E-state index is 1.000. The third-order valence-corrected chi connectivity index (χ3v) is 4.42. The molecule has 0 radical (unpaired) electrons. The van der Waals surface area contributed by atoms with Gasteiger partial charge in [0, 0.05) is 35.2 Å². The molecule has 18 heavy (non-hydrogen) atoms. The number of thiazole rings is 1. The van der Waals surface area contributed by atoms with Crippen LogP contribution in [0, 0.1) is 0 Å². The number of pyridine rings is 2. The first-order valence-electron chi connectivity index (χ1n) is 5.36. The van der Waals surface area contributed by atoms with Gasteiger partial charge in [-0.3, -0.25) is 9.97 Å². The molecule has 0 fully saturated rings. The standard InChI is InChI=1S/C13H9N3S2/c1-2-10(8-15-5-1)13-16-9-12(18-13)17-11-3-6-14-7-4-11/h1-9H. The van der Waals surface area contributed by atoms with Crippen LogP contribution in [0.15, 0.2) is 64.4 Å². The molecule has 3 nitrogen and oxygen atoms in total. The van der Waals surface area contributed by atoms with Crippen molar-refractivity contribution in [2.75, 3.05) is 0 Å². The van der Waals surface area contributed by atoms with Gasteiger partial charge in [0.25, 0.3) is 0 Å². The van der Waals surface area contributed by atoms with Crippen LogP contribution in [0.2, 0.25) is 0 Å². The molecular formula is C13H9N3S2. The second-order valence-corrected chi connectivity index (χ2v) is 5.92. The molecule has 0 spiro atoms. The summed E-state index contributed by atoms with van der Waals surface area (Å²) < 4.78 is 1.17. The Hall–Kier alpha value is -1.72. The summed E-state index contributed by atoms with van der Waals surface area (Å²) in [5, 5.41) is 1.000. The lowest BCUT2D eigenvalue weighted by molar-refractivity contribution is 1.26. The van der Waals surface area contributed by atoms with E-state index in [2.05, 4.69) is 15.0 Å². The Morgan fingerprint density at radius 2 is 1.83 bits per heavy atom. The average molecular weight is 271 g/mol. The maximum atomic E-state index is 4.42. The van der Waals surface area contributed by atoms with E-state index in [-0.39, 0.29) is 0 Å². The topological polar surface area (TPSA) is 38.7 Å². The fourth-order valence-electron chi connectivity index (χ4n) is 1.45. The van der Waals surface area contributed by atoms with E-state index in [0.29, 0.717) is 0 Å². The Labute approximate surface area is 113 Å². The van der Waals surface area contributed by atoms with Gasteiger partial charge in [0.1, 0.15) is 5.01 Å². The molecule has 0 amide bonds. The Morgan fingerprint density at radius 3 is 2.61 bits per heavy atom. The molecule has 0 atom stereocenters. The molecular weight excluding hydrogens is 262 g/mol. The van der Waals surface area contributed by atoms with Gasteiger partial charge in [0.15, 0.2) is 0 Å². The second-order valence-electron chi connectivity index (χ2n) is 3.51. The van der Waals surface area contributed by atoms with Crippen LogP contribution in [0.3, 0.4) is 0 Å². The summed E-state index contributed by atoms with van der Waals surface area (Å²) in [7, 11) is 0. The van der Waals surface area contributed by atoms with Crippen LogP contribution >= 0.6 is 23.1 Å². The van der Waals surface area contributed by atoms with Crippen LogP contribution in [-0.2, 0) is 0 Å². The lowest BCUT2D eigenvalue weighted by Gasteiger charge is -1.95. The third-order valence-electron chi connectivity index (χ3n) is 2.26. The van der Waals surface area contributed by atoms with E-state index < -0.39 is 0 Å². The molecule has 88 valence electrons. The zero-order valence-corrected chi connectivity index (χ0v) is 11.0. The largest absolute Gasteiger partial charge is 0.265 e. The van der Waals surface area contributed by atoms with Crippen molar-refractivity contribution in [3.63, 3.8) is 0 Å². The number of aromatic nitrogens is 3. The van der Waals surface area contributed by atoms with Crippen LogP contribution in [0.4, 0.5) is 0 Å². The quantitative estimate of drug-likeness (QED) is 0.727. The molecule has 3 rings (SSSR count). The van der Waals surface area contributed by atoms with Crippen LogP contribution < -0.4 is 0 Å². The molecule has 3 heterocycles. The predicted molar refractivity (Wildman–Crippen MR) is 73.7 cm³/mol. The first kappa shape index (κ1) is 11.4. The summed E-state index contributed by atoms with van der Waals surface area (Å²) in [6, 6.07) is 7.93. The lowest BCUT2D eigenvalue weighted by atomic mass is 10.3. The fourth-order valence-corrected chi connectivity index (χ4v) is 3.38. The van der Waals surface area contributed by atoms with E-state index in [4.69, 9.17) is 0 Å². The van der Waals surface area contributed by atoms with E-state index in [0.717, 1.165) is 10.6 Å². The monoisotopic (exact) mass is 271 g/mol.